The molecule has 5 nitrogen and oxygen atoms in total. The lowest BCUT2D eigenvalue weighted by molar-refractivity contribution is -0.123. The lowest BCUT2D eigenvalue weighted by atomic mass is 10.0. The van der Waals surface area contributed by atoms with Gasteiger partial charge in [-0.25, -0.2) is 0 Å². The summed E-state index contributed by atoms with van der Waals surface area (Å²) >= 11 is 0. The summed E-state index contributed by atoms with van der Waals surface area (Å²) in [6, 6.07) is 9.54. The molecule has 2 N–H and O–H groups in total. The lowest BCUT2D eigenvalue weighted by Gasteiger charge is -2.33. The summed E-state index contributed by atoms with van der Waals surface area (Å²) < 4.78 is 0. The highest BCUT2D eigenvalue weighted by Gasteiger charge is 2.27. The van der Waals surface area contributed by atoms with E-state index in [-0.39, 0.29) is 23.9 Å². The van der Waals surface area contributed by atoms with Gasteiger partial charge in [-0.15, -0.1) is 0 Å². The molecule has 1 atom stereocenters. The summed E-state index contributed by atoms with van der Waals surface area (Å²) in [5.74, 6) is 0.202. The molecule has 2 heterocycles. The number of carbonyl (C=O) groups excluding carboxylic acids is 2. The molecule has 5 heteroatoms. The third-order valence-corrected chi connectivity index (χ3v) is 4.53. The van der Waals surface area contributed by atoms with E-state index in [1.54, 1.807) is 0 Å². The fourth-order valence-corrected chi connectivity index (χ4v) is 3.20. The van der Waals surface area contributed by atoms with Crippen molar-refractivity contribution in [2.24, 2.45) is 0 Å². The molecule has 22 heavy (non-hydrogen) atoms. The molecule has 2 amide bonds. The van der Waals surface area contributed by atoms with Crippen molar-refractivity contribution in [2.45, 2.75) is 37.8 Å². The van der Waals surface area contributed by atoms with Gasteiger partial charge in [-0.05, 0) is 44.4 Å². The zero-order valence-corrected chi connectivity index (χ0v) is 12.8. The molecule has 2 aliphatic rings. The number of rotatable bonds is 3. The second-order valence-corrected chi connectivity index (χ2v) is 6.09. The molecule has 2 saturated heterocycles. The number of hydrogen-bond acceptors (Lipinski definition) is 3. The monoisotopic (exact) mass is 301 g/mol. The largest absolute Gasteiger partial charge is 0.352 e. The van der Waals surface area contributed by atoms with Crippen LogP contribution in [0.1, 0.15) is 36.0 Å². The Morgan fingerprint density at radius 1 is 1.09 bits per heavy atom. The molecule has 0 spiro atoms. The second-order valence-electron chi connectivity index (χ2n) is 6.09. The first-order chi connectivity index (χ1) is 10.7. The maximum Gasteiger partial charge on any atom is 0.253 e. The standard InChI is InChI=1S/C17H23N3O2/c21-16(15-7-4-10-18-15)19-14-8-11-20(12-9-14)17(22)13-5-2-1-3-6-13/h1-3,5-6,14-15,18H,4,7-12H2,(H,19,21). The first-order valence-electron chi connectivity index (χ1n) is 8.12. The minimum absolute atomic E-state index is 0.0241. The van der Waals surface area contributed by atoms with E-state index in [0.717, 1.165) is 37.8 Å². The van der Waals surface area contributed by atoms with Gasteiger partial charge in [0.05, 0.1) is 6.04 Å². The summed E-state index contributed by atoms with van der Waals surface area (Å²) in [7, 11) is 0. The first-order valence-corrected chi connectivity index (χ1v) is 8.12. The van der Waals surface area contributed by atoms with Crippen LogP contribution in [0.15, 0.2) is 30.3 Å². The molecule has 0 aromatic heterocycles. The van der Waals surface area contributed by atoms with Gasteiger partial charge in [0.2, 0.25) is 5.91 Å². The van der Waals surface area contributed by atoms with Crippen LogP contribution in [-0.4, -0.2) is 48.4 Å². The van der Waals surface area contributed by atoms with Crippen LogP contribution in [0.3, 0.4) is 0 Å². The Hall–Kier alpha value is -1.88. The van der Waals surface area contributed by atoms with Crippen molar-refractivity contribution in [1.29, 1.82) is 0 Å². The fraction of sp³-hybridized carbons (Fsp3) is 0.529. The van der Waals surface area contributed by atoms with Crippen LogP contribution in [0.5, 0.6) is 0 Å². The van der Waals surface area contributed by atoms with Crippen molar-refractivity contribution in [2.75, 3.05) is 19.6 Å². The van der Waals surface area contributed by atoms with Gasteiger partial charge >= 0.3 is 0 Å². The van der Waals surface area contributed by atoms with Crippen LogP contribution in [0, 0.1) is 0 Å². The summed E-state index contributed by atoms with van der Waals surface area (Å²) in [6.07, 6.45) is 3.66. The maximum atomic E-state index is 12.4. The summed E-state index contributed by atoms with van der Waals surface area (Å²) in [5, 5.41) is 6.34. The Bertz CT molecular complexity index is 518. The van der Waals surface area contributed by atoms with E-state index in [9.17, 15) is 9.59 Å². The number of amides is 2. The lowest BCUT2D eigenvalue weighted by Crippen LogP contribution is -2.50. The van der Waals surface area contributed by atoms with Gasteiger partial charge in [0.1, 0.15) is 0 Å². The molecule has 2 aliphatic heterocycles. The molecule has 0 aliphatic carbocycles. The molecule has 0 bridgehead atoms. The maximum absolute atomic E-state index is 12.4. The molecule has 2 fully saturated rings. The summed E-state index contributed by atoms with van der Waals surface area (Å²) in [4.78, 5) is 26.3. The van der Waals surface area contributed by atoms with E-state index in [0.29, 0.717) is 13.1 Å². The van der Waals surface area contributed by atoms with E-state index < -0.39 is 0 Å². The van der Waals surface area contributed by atoms with E-state index in [2.05, 4.69) is 10.6 Å². The Balaban J connectivity index is 1.48. The third-order valence-electron chi connectivity index (χ3n) is 4.53. The predicted octanol–water partition coefficient (Wildman–Crippen LogP) is 1.16. The number of carbonyl (C=O) groups is 2. The van der Waals surface area contributed by atoms with Crippen LogP contribution >= 0.6 is 0 Å². The van der Waals surface area contributed by atoms with Gasteiger partial charge in [-0.3, -0.25) is 9.59 Å². The second kappa shape index (κ2) is 6.92. The smallest absolute Gasteiger partial charge is 0.253 e. The third kappa shape index (κ3) is 3.47. The van der Waals surface area contributed by atoms with Gasteiger partial charge in [-0.1, -0.05) is 18.2 Å². The van der Waals surface area contributed by atoms with Crippen molar-refractivity contribution in [1.82, 2.24) is 15.5 Å². The fourth-order valence-electron chi connectivity index (χ4n) is 3.20. The molecule has 1 aromatic carbocycles. The molecule has 0 radical (unpaired) electrons. The molecule has 1 aromatic rings. The van der Waals surface area contributed by atoms with Gasteiger partial charge in [0.15, 0.2) is 0 Å². The highest BCUT2D eigenvalue weighted by Crippen LogP contribution is 2.15. The van der Waals surface area contributed by atoms with Crippen LogP contribution in [0.4, 0.5) is 0 Å². The topological polar surface area (TPSA) is 61.4 Å². The van der Waals surface area contributed by atoms with Gasteiger partial charge in [0.25, 0.3) is 5.91 Å². The van der Waals surface area contributed by atoms with Crippen LogP contribution < -0.4 is 10.6 Å². The predicted molar refractivity (Wildman–Crippen MR) is 84.5 cm³/mol. The molecule has 0 saturated carbocycles. The normalized spacial score (nSPS) is 22.5. The number of piperidine rings is 1. The van der Waals surface area contributed by atoms with Crippen LogP contribution in [-0.2, 0) is 4.79 Å². The zero-order chi connectivity index (χ0) is 15.4. The SMILES string of the molecule is O=C(NC1CCN(C(=O)c2ccccc2)CC1)C1CCCN1. The van der Waals surface area contributed by atoms with Crippen LogP contribution in [0.25, 0.3) is 0 Å². The Kier molecular flexibility index (Phi) is 4.73. The molecular formula is C17H23N3O2. The average Bonchev–Trinajstić information content (AvgIpc) is 3.10. The highest BCUT2D eigenvalue weighted by molar-refractivity contribution is 5.94. The average molecular weight is 301 g/mol. The highest BCUT2D eigenvalue weighted by atomic mass is 16.2. The van der Waals surface area contributed by atoms with Crippen molar-refractivity contribution < 1.29 is 9.59 Å². The zero-order valence-electron chi connectivity index (χ0n) is 12.8. The number of benzene rings is 1. The van der Waals surface area contributed by atoms with Crippen molar-refractivity contribution in [3.8, 4) is 0 Å². The van der Waals surface area contributed by atoms with Gasteiger partial charge < -0.3 is 15.5 Å². The Morgan fingerprint density at radius 2 is 1.82 bits per heavy atom. The quantitative estimate of drug-likeness (QED) is 0.881. The van der Waals surface area contributed by atoms with E-state index in [1.807, 2.05) is 35.2 Å². The molecule has 3 rings (SSSR count). The molecule has 118 valence electrons. The summed E-state index contributed by atoms with van der Waals surface area (Å²) in [6.45, 7) is 2.34. The van der Waals surface area contributed by atoms with Crippen LogP contribution in [0.2, 0.25) is 0 Å². The van der Waals surface area contributed by atoms with Gasteiger partial charge in [0, 0.05) is 24.7 Å². The number of nitrogens with zero attached hydrogens (tertiary/aromatic N) is 1. The number of likely N-dealkylation sites (tertiary alicyclic amines) is 1. The van der Waals surface area contributed by atoms with Gasteiger partial charge in [-0.2, -0.15) is 0 Å². The number of hydrogen-bond donors (Lipinski definition) is 2. The Labute approximate surface area is 131 Å². The number of nitrogens with one attached hydrogen (secondary N) is 2. The minimum atomic E-state index is -0.0241. The van der Waals surface area contributed by atoms with E-state index >= 15 is 0 Å². The van der Waals surface area contributed by atoms with Crippen molar-refractivity contribution >= 4 is 11.8 Å². The van der Waals surface area contributed by atoms with E-state index in [4.69, 9.17) is 0 Å². The molecule has 1 unspecified atom stereocenters. The summed E-state index contributed by atoms with van der Waals surface area (Å²) in [5.41, 5.74) is 0.736. The van der Waals surface area contributed by atoms with Crippen molar-refractivity contribution in [3.05, 3.63) is 35.9 Å². The first kappa shape index (κ1) is 15.0. The van der Waals surface area contributed by atoms with Crippen molar-refractivity contribution in [3.63, 3.8) is 0 Å². The molecular weight excluding hydrogens is 278 g/mol. The Morgan fingerprint density at radius 3 is 2.45 bits per heavy atom. The van der Waals surface area contributed by atoms with E-state index in [1.165, 1.54) is 0 Å². The minimum Gasteiger partial charge on any atom is -0.352 e.